The monoisotopic (exact) mass is 255 g/mol. The van der Waals surface area contributed by atoms with Crippen molar-refractivity contribution in [2.75, 3.05) is 26.8 Å². The van der Waals surface area contributed by atoms with E-state index in [2.05, 4.69) is 31.3 Å². The zero-order valence-corrected chi connectivity index (χ0v) is 11.7. The SMILES string of the molecule is COCCNCC(C)(C)Cc1ccc(Cl)cc1. The van der Waals surface area contributed by atoms with Gasteiger partial charge in [-0.15, -0.1) is 0 Å². The summed E-state index contributed by atoms with van der Waals surface area (Å²) in [5.41, 5.74) is 1.56. The second-order valence-electron chi connectivity index (χ2n) is 5.14. The Morgan fingerprint density at radius 3 is 2.47 bits per heavy atom. The van der Waals surface area contributed by atoms with Gasteiger partial charge in [0.05, 0.1) is 6.61 Å². The maximum Gasteiger partial charge on any atom is 0.0587 e. The van der Waals surface area contributed by atoms with E-state index in [9.17, 15) is 0 Å². The lowest BCUT2D eigenvalue weighted by Gasteiger charge is -2.25. The lowest BCUT2D eigenvalue weighted by atomic mass is 9.86. The van der Waals surface area contributed by atoms with Crippen LogP contribution in [0.3, 0.4) is 0 Å². The van der Waals surface area contributed by atoms with E-state index in [1.54, 1.807) is 7.11 Å². The summed E-state index contributed by atoms with van der Waals surface area (Å²) in [4.78, 5) is 0. The molecule has 0 aliphatic heterocycles. The van der Waals surface area contributed by atoms with Crippen LogP contribution < -0.4 is 5.32 Å². The Balaban J connectivity index is 2.40. The Hall–Kier alpha value is -0.570. The standard InChI is InChI=1S/C14H22ClNO/c1-14(2,11-16-8-9-17-3)10-12-4-6-13(15)7-5-12/h4-7,16H,8-11H2,1-3H3. The predicted octanol–water partition coefficient (Wildman–Crippen LogP) is 3.14. The molecule has 0 atom stereocenters. The highest BCUT2D eigenvalue weighted by Gasteiger charge is 2.17. The van der Waals surface area contributed by atoms with Crippen LogP contribution in [0.25, 0.3) is 0 Å². The second-order valence-corrected chi connectivity index (χ2v) is 5.57. The average molecular weight is 256 g/mol. The Bertz CT molecular complexity index is 321. The fraction of sp³-hybridized carbons (Fsp3) is 0.571. The van der Waals surface area contributed by atoms with Crippen molar-refractivity contribution in [1.29, 1.82) is 0 Å². The molecule has 0 radical (unpaired) electrons. The Labute approximate surface area is 109 Å². The molecule has 0 fully saturated rings. The highest BCUT2D eigenvalue weighted by Crippen LogP contribution is 2.21. The quantitative estimate of drug-likeness (QED) is 0.756. The summed E-state index contributed by atoms with van der Waals surface area (Å²) in [6.45, 7) is 7.18. The summed E-state index contributed by atoms with van der Waals surface area (Å²) in [5, 5.41) is 4.20. The van der Waals surface area contributed by atoms with Crippen LogP contribution in [0.2, 0.25) is 5.02 Å². The van der Waals surface area contributed by atoms with Crippen LogP contribution in [0.5, 0.6) is 0 Å². The molecule has 0 bridgehead atoms. The molecule has 1 N–H and O–H groups in total. The van der Waals surface area contributed by atoms with Crippen molar-refractivity contribution in [1.82, 2.24) is 5.32 Å². The minimum Gasteiger partial charge on any atom is -0.383 e. The molecule has 0 aliphatic carbocycles. The van der Waals surface area contributed by atoms with Crippen molar-refractivity contribution in [3.8, 4) is 0 Å². The van der Waals surface area contributed by atoms with Gasteiger partial charge in [0.25, 0.3) is 0 Å². The molecule has 0 spiro atoms. The molecule has 0 aromatic heterocycles. The van der Waals surface area contributed by atoms with E-state index in [1.807, 2.05) is 12.1 Å². The van der Waals surface area contributed by atoms with Gasteiger partial charge in [0.1, 0.15) is 0 Å². The highest BCUT2D eigenvalue weighted by atomic mass is 35.5. The van der Waals surface area contributed by atoms with Gasteiger partial charge in [-0.3, -0.25) is 0 Å². The zero-order chi connectivity index (χ0) is 12.7. The second kappa shape index (κ2) is 7.00. The third-order valence-corrected chi connectivity index (χ3v) is 2.93. The number of ether oxygens (including phenoxy) is 1. The van der Waals surface area contributed by atoms with E-state index in [0.717, 1.165) is 31.1 Å². The molecule has 3 heteroatoms. The van der Waals surface area contributed by atoms with Crippen LogP contribution in [-0.4, -0.2) is 26.8 Å². The van der Waals surface area contributed by atoms with E-state index in [1.165, 1.54) is 5.56 Å². The molecule has 0 heterocycles. The van der Waals surface area contributed by atoms with Crippen LogP contribution in [-0.2, 0) is 11.2 Å². The van der Waals surface area contributed by atoms with Gasteiger partial charge in [0.2, 0.25) is 0 Å². The van der Waals surface area contributed by atoms with Crippen LogP contribution in [0.15, 0.2) is 24.3 Å². The number of rotatable bonds is 7. The van der Waals surface area contributed by atoms with Crippen LogP contribution >= 0.6 is 11.6 Å². The van der Waals surface area contributed by atoms with Gasteiger partial charge in [0, 0.05) is 25.2 Å². The first-order valence-corrected chi connectivity index (χ1v) is 6.35. The molecule has 0 aliphatic rings. The Kier molecular flexibility index (Phi) is 5.96. The molecule has 17 heavy (non-hydrogen) atoms. The third kappa shape index (κ3) is 6.06. The number of benzene rings is 1. The topological polar surface area (TPSA) is 21.3 Å². The van der Waals surface area contributed by atoms with Crippen molar-refractivity contribution in [3.05, 3.63) is 34.9 Å². The molecule has 0 saturated carbocycles. The lowest BCUT2D eigenvalue weighted by Crippen LogP contribution is -2.33. The molecule has 0 saturated heterocycles. The van der Waals surface area contributed by atoms with Crippen molar-refractivity contribution in [3.63, 3.8) is 0 Å². The number of methoxy groups -OCH3 is 1. The Morgan fingerprint density at radius 2 is 1.88 bits per heavy atom. The van der Waals surface area contributed by atoms with E-state index in [4.69, 9.17) is 16.3 Å². The molecule has 96 valence electrons. The van der Waals surface area contributed by atoms with Gasteiger partial charge < -0.3 is 10.1 Å². The normalized spacial score (nSPS) is 11.8. The number of hydrogen-bond donors (Lipinski definition) is 1. The molecule has 2 nitrogen and oxygen atoms in total. The maximum atomic E-state index is 5.88. The van der Waals surface area contributed by atoms with Crippen molar-refractivity contribution < 1.29 is 4.74 Å². The average Bonchev–Trinajstić information content (AvgIpc) is 2.27. The van der Waals surface area contributed by atoms with Crippen molar-refractivity contribution in [2.24, 2.45) is 5.41 Å². The molecular weight excluding hydrogens is 234 g/mol. The van der Waals surface area contributed by atoms with E-state index in [0.29, 0.717) is 0 Å². The van der Waals surface area contributed by atoms with E-state index < -0.39 is 0 Å². The van der Waals surface area contributed by atoms with Crippen LogP contribution in [0.4, 0.5) is 0 Å². The van der Waals surface area contributed by atoms with Crippen molar-refractivity contribution >= 4 is 11.6 Å². The van der Waals surface area contributed by atoms with Gasteiger partial charge in [0.15, 0.2) is 0 Å². The number of nitrogens with one attached hydrogen (secondary N) is 1. The van der Waals surface area contributed by atoms with Gasteiger partial charge in [-0.1, -0.05) is 37.6 Å². The predicted molar refractivity (Wildman–Crippen MR) is 73.7 cm³/mol. The summed E-state index contributed by atoms with van der Waals surface area (Å²) >= 11 is 5.88. The third-order valence-electron chi connectivity index (χ3n) is 2.68. The minimum atomic E-state index is 0.238. The largest absolute Gasteiger partial charge is 0.383 e. The van der Waals surface area contributed by atoms with Crippen LogP contribution in [0, 0.1) is 5.41 Å². The zero-order valence-electron chi connectivity index (χ0n) is 10.9. The molecule has 1 aromatic carbocycles. The molecule has 1 aromatic rings. The summed E-state index contributed by atoms with van der Waals surface area (Å²) in [6, 6.07) is 8.09. The molecule has 1 rings (SSSR count). The lowest BCUT2D eigenvalue weighted by molar-refractivity contribution is 0.194. The fourth-order valence-electron chi connectivity index (χ4n) is 1.82. The minimum absolute atomic E-state index is 0.238. The van der Waals surface area contributed by atoms with Gasteiger partial charge >= 0.3 is 0 Å². The molecule has 0 unspecified atom stereocenters. The summed E-state index contributed by atoms with van der Waals surface area (Å²) < 4.78 is 5.01. The maximum absolute atomic E-state index is 5.88. The molecule has 0 amide bonds. The first kappa shape index (κ1) is 14.5. The summed E-state index contributed by atoms with van der Waals surface area (Å²) in [5.74, 6) is 0. The Morgan fingerprint density at radius 1 is 1.24 bits per heavy atom. The van der Waals surface area contributed by atoms with E-state index in [-0.39, 0.29) is 5.41 Å². The summed E-state index contributed by atoms with van der Waals surface area (Å²) in [6.07, 6.45) is 1.05. The van der Waals surface area contributed by atoms with E-state index >= 15 is 0 Å². The summed E-state index contributed by atoms with van der Waals surface area (Å²) in [7, 11) is 1.72. The number of hydrogen-bond acceptors (Lipinski definition) is 2. The van der Waals surface area contributed by atoms with Crippen molar-refractivity contribution in [2.45, 2.75) is 20.3 Å². The highest BCUT2D eigenvalue weighted by molar-refractivity contribution is 6.30. The number of halogens is 1. The fourth-order valence-corrected chi connectivity index (χ4v) is 1.94. The first-order chi connectivity index (χ1) is 8.03. The van der Waals surface area contributed by atoms with Gasteiger partial charge in [-0.25, -0.2) is 0 Å². The first-order valence-electron chi connectivity index (χ1n) is 5.98. The molecular formula is C14H22ClNO. The smallest absolute Gasteiger partial charge is 0.0587 e. The van der Waals surface area contributed by atoms with Gasteiger partial charge in [-0.2, -0.15) is 0 Å². The van der Waals surface area contributed by atoms with Gasteiger partial charge in [-0.05, 0) is 29.5 Å². The van der Waals surface area contributed by atoms with Crippen LogP contribution in [0.1, 0.15) is 19.4 Å².